The minimum absolute atomic E-state index is 0.0158. The van der Waals surface area contributed by atoms with Crippen LogP contribution in [0.4, 0.5) is 15.4 Å². The molecule has 1 heterocycles. The molecule has 0 saturated heterocycles. The largest absolute Gasteiger partial charge is 0.480 e. The Hall–Kier alpha value is -4.95. The van der Waals surface area contributed by atoms with Crippen molar-refractivity contribution in [2.75, 3.05) is 18.4 Å². The van der Waals surface area contributed by atoms with Crippen LogP contribution >= 0.6 is 0 Å². The molecule has 0 bridgehead atoms. The summed E-state index contributed by atoms with van der Waals surface area (Å²) < 4.78 is 10.9. The fraction of sp³-hybridized carbons (Fsp3) is 0.375. The standard InChI is InChI=1S/C24H30N6O9/c1-24(2,3)39-22(36)26-12-18(31)27-16(20(33)34)11-25-19(32)13-30-10-9-17(28-21(30)35)29-23(37)38-14-15-7-5-4-6-8-15/h4-10,16H,11-14H2,1-3H3,(H,25,32)(H,26,36)(H,27,31)(H,33,34)(H,28,29,35,37)/t16-/m0/s1. The van der Waals surface area contributed by atoms with Gasteiger partial charge in [0.05, 0.1) is 0 Å². The van der Waals surface area contributed by atoms with Gasteiger partial charge in [-0.05, 0) is 32.4 Å². The van der Waals surface area contributed by atoms with Gasteiger partial charge in [0, 0.05) is 12.7 Å². The number of aromatic nitrogens is 2. The predicted octanol–water partition coefficient (Wildman–Crippen LogP) is 0.202. The minimum Gasteiger partial charge on any atom is -0.480 e. The summed E-state index contributed by atoms with van der Waals surface area (Å²) in [6.45, 7) is 3.36. The first kappa shape index (κ1) is 30.3. The van der Waals surface area contributed by atoms with E-state index >= 15 is 0 Å². The summed E-state index contributed by atoms with van der Waals surface area (Å²) >= 11 is 0. The molecule has 1 atom stereocenters. The van der Waals surface area contributed by atoms with Gasteiger partial charge in [-0.25, -0.2) is 19.2 Å². The molecule has 0 aliphatic carbocycles. The van der Waals surface area contributed by atoms with E-state index in [1.54, 1.807) is 45.0 Å². The van der Waals surface area contributed by atoms with Crippen LogP contribution in [0.5, 0.6) is 0 Å². The number of carbonyl (C=O) groups excluding carboxylic acids is 4. The van der Waals surface area contributed by atoms with Gasteiger partial charge in [0.15, 0.2) is 0 Å². The average molecular weight is 547 g/mol. The third-order valence-electron chi connectivity index (χ3n) is 4.56. The van der Waals surface area contributed by atoms with E-state index in [0.29, 0.717) is 0 Å². The van der Waals surface area contributed by atoms with E-state index in [0.717, 1.165) is 10.1 Å². The molecule has 0 aliphatic rings. The van der Waals surface area contributed by atoms with E-state index in [9.17, 15) is 33.9 Å². The second-order valence-electron chi connectivity index (χ2n) is 9.03. The Morgan fingerprint density at radius 3 is 2.31 bits per heavy atom. The van der Waals surface area contributed by atoms with Gasteiger partial charge in [-0.3, -0.25) is 19.5 Å². The summed E-state index contributed by atoms with van der Waals surface area (Å²) in [6.07, 6.45) is -0.480. The van der Waals surface area contributed by atoms with Crippen molar-refractivity contribution in [3.8, 4) is 0 Å². The Kier molecular flexibility index (Phi) is 11.0. The van der Waals surface area contributed by atoms with Gasteiger partial charge >= 0.3 is 23.8 Å². The summed E-state index contributed by atoms with van der Waals surface area (Å²) in [5.74, 6) is -3.10. The zero-order valence-corrected chi connectivity index (χ0v) is 21.6. The second-order valence-corrected chi connectivity index (χ2v) is 9.03. The Morgan fingerprint density at radius 2 is 1.69 bits per heavy atom. The van der Waals surface area contributed by atoms with Gasteiger partial charge in [0.1, 0.15) is 37.2 Å². The maximum Gasteiger partial charge on any atom is 0.413 e. The Balaban J connectivity index is 1.81. The maximum absolute atomic E-state index is 12.2. The van der Waals surface area contributed by atoms with E-state index in [-0.39, 0.29) is 12.4 Å². The molecule has 0 fully saturated rings. The number of nitrogens with one attached hydrogen (secondary N) is 4. The van der Waals surface area contributed by atoms with Gasteiger partial charge in [-0.1, -0.05) is 30.3 Å². The lowest BCUT2D eigenvalue weighted by molar-refractivity contribution is -0.141. The number of carboxylic acid groups (broad SMARTS) is 1. The number of nitrogens with zero attached hydrogens (tertiary/aromatic N) is 2. The molecule has 5 N–H and O–H groups in total. The normalized spacial score (nSPS) is 11.5. The fourth-order valence-electron chi connectivity index (χ4n) is 2.82. The highest BCUT2D eigenvalue weighted by Crippen LogP contribution is 2.06. The highest BCUT2D eigenvalue weighted by Gasteiger charge is 2.22. The van der Waals surface area contributed by atoms with Crippen LogP contribution in [0.3, 0.4) is 0 Å². The summed E-state index contributed by atoms with van der Waals surface area (Å²) in [7, 11) is 0. The zero-order chi connectivity index (χ0) is 29.0. The smallest absolute Gasteiger partial charge is 0.413 e. The summed E-state index contributed by atoms with van der Waals surface area (Å²) in [5.41, 5.74) is -0.872. The number of amides is 4. The van der Waals surface area contributed by atoms with Crippen molar-refractivity contribution in [2.45, 2.75) is 45.6 Å². The Bertz CT molecular complexity index is 1240. The minimum atomic E-state index is -1.51. The maximum atomic E-state index is 12.2. The number of benzene rings is 1. The molecule has 2 rings (SSSR count). The SMILES string of the molecule is CC(C)(C)OC(=O)NCC(=O)N[C@@H](CNC(=O)Cn1ccc(NC(=O)OCc2ccccc2)nc1=O)C(=O)O. The van der Waals surface area contributed by atoms with Crippen LogP contribution in [-0.2, 0) is 37.0 Å². The van der Waals surface area contributed by atoms with E-state index in [1.165, 1.54) is 12.3 Å². The molecule has 1 aromatic carbocycles. The van der Waals surface area contributed by atoms with E-state index < -0.39 is 66.9 Å². The molecule has 210 valence electrons. The third-order valence-corrected chi connectivity index (χ3v) is 4.56. The number of carboxylic acids is 1. The van der Waals surface area contributed by atoms with Gasteiger partial charge < -0.3 is 30.5 Å². The van der Waals surface area contributed by atoms with Crippen LogP contribution in [0.2, 0.25) is 0 Å². The summed E-state index contributed by atoms with van der Waals surface area (Å²) in [5, 5.41) is 18.3. The van der Waals surface area contributed by atoms with Crippen LogP contribution < -0.4 is 27.0 Å². The lowest BCUT2D eigenvalue weighted by atomic mass is 10.2. The molecule has 15 heteroatoms. The second kappa shape index (κ2) is 14.1. The van der Waals surface area contributed by atoms with Gasteiger partial charge in [0.2, 0.25) is 11.8 Å². The Labute approximate surface area is 222 Å². The van der Waals surface area contributed by atoms with Crippen LogP contribution in [0.25, 0.3) is 0 Å². The summed E-state index contributed by atoms with van der Waals surface area (Å²) in [4.78, 5) is 75.1. The van der Waals surface area contributed by atoms with Gasteiger partial charge in [-0.2, -0.15) is 4.98 Å². The van der Waals surface area contributed by atoms with Gasteiger partial charge in [-0.15, -0.1) is 0 Å². The fourth-order valence-corrected chi connectivity index (χ4v) is 2.82. The lowest BCUT2D eigenvalue weighted by Crippen LogP contribution is -2.51. The number of alkyl carbamates (subject to hydrolysis) is 1. The number of rotatable bonds is 11. The first-order chi connectivity index (χ1) is 18.3. The highest BCUT2D eigenvalue weighted by atomic mass is 16.6. The molecule has 0 spiro atoms. The van der Waals surface area contributed by atoms with Crippen molar-refractivity contribution in [3.05, 3.63) is 58.6 Å². The van der Waals surface area contributed by atoms with Crippen molar-refractivity contribution in [1.82, 2.24) is 25.5 Å². The monoisotopic (exact) mass is 546 g/mol. The van der Waals surface area contributed by atoms with Crippen molar-refractivity contribution >= 4 is 35.8 Å². The number of hydrogen-bond donors (Lipinski definition) is 5. The average Bonchev–Trinajstić information content (AvgIpc) is 2.85. The summed E-state index contributed by atoms with van der Waals surface area (Å²) in [6, 6.07) is 8.71. The van der Waals surface area contributed by atoms with E-state index in [4.69, 9.17) is 9.47 Å². The molecule has 0 aliphatic heterocycles. The molecular formula is C24H30N6O9. The van der Waals surface area contributed by atoms with Crippen molar-refractivity contribution in [3.63, 3.8) is 0 Å². The Morgan fingerprint density at radius 1 is 1.00 bits per heavy atom. The van der Waals surface area contributed by atoms with Crippen LogP contribution in [0.15, 0.2) is 47.4 Å². The molecule has 0 saturated carbocycles. The third kappa shape index (κ3) is 11.8. The highest BCUT2D eigenvalue weighted by molar-refractivity contribution is 5.87. The van der Waals surface area contributed by atoms with Crippen molar-refractivity contribution in [1.29, 1.82) is 0 Å². The van der Waals surface area contributed by atoms with E-state index in [2.05, 4.69) is 26.3 Å². The van der Waals surface area contributed by atoms with E-state index in [1.807, 2.05) is 6.07 Å². The molecule has 39 heavy (non-hydrogen) atoms. The number of carbonyl (C=O) groups is 5. The predicted molar refractivity (Wildman–Crippen MR) is 136 cm³/mol. The number of hydrogen-bond acceptors (Lipinski definition) is 9. The topological polar surface area (TPSA) is 207 Å². The first-order valence-electron chi connectivity index (χ1n) is 11.6. The quantitative estimate of drug-likeness (QED) is 0.259. The number of aliphatic carboxylic acids is 1. The van der Waals surface area contributed by atoms with Crippen LogP contribution in [0.1, 0.15) is 26.3 Å². The molecule has 4 amide bonds. The van der Waals surface area contributed by atoms with Gasteiger partial charge in [0.25, 0.3) is 0 Å². The molecule has 0 radical (unpaired) electrons. The lowest BCUT2D eigenvalue weighted by Gasteiger charge is -2.20. The van der Waals surface area contributed by atoms with Crippen molar-refractivity contribution in [2.24, 2.45) is 0 Å². The number of anilines is 1. The first-order valence-corrected chi connectivity index (χ1v) is 11.6. The zero-order valence-electron chi connectivity index (χ0n) is 21.6. The molecular weight excluding hydrogens is 516 g/mol. The van der Waals surface area contributed by atoms with Crippen LogP contribution in [0, 0.1) is 0 Å². The molecule has 0 unspecified atom stereocenters. The number of ether oxygens (including phenoxy) is 2. The molecule has 2 aromatic rings. The van der Waals surface area contributed by atoms with Crippen molar-refractivity contribution < 1.29 is 38.6 Å². The molecule has 1 aromatic heterocycles. The molecule has 15 nitrogen and oxygen atoms in total. The van der Waals surface area contributed by atoms with Crippen LogP contribution in [-0.4, -0.2) is 69.4 Å².